The number of rotatable bonds is 3. The SMILES string of the molecule is Cc1noc(C2CCCN(C(=O)Cn3ccc(=O)[nH]c3=O)C2)n1. The fourth-order valence-corrected chi connectivity index (χ4v) is 2.70. The van der Waals surface area contributed by atoms with Crippen LogP contribution < -0.4 is 11.2 Å². The van der Waals surface area contributed by atoms with Crippen molar-refractivity contribution >= 4 is 5.91 Å². The molecule has 2 aromatic rings. The van der Waals surface area contributed by atoms with Crippen molar-refractivity contribution in [2.45, 2.75) is 32.2 Å². The van der Waals surface area contributed by atoms with Gasteiger partial charge in [-0.25, -0.2) is 4.79 Å². The number of aryl methyl sites for hydroxylation is 1. The minimum absolute atomic E-state index is 0.0150. The smallest absolute Gasteiger partial charge is 0.328 e. The summed E-state index contributed by atoms with van der Waals surface area (Å²) in [4.78, 5) is 43.1. The van der Waals surface area contributed by atoms with E-state index in [0.29, 0.717) is 24.8 Å². The van der Waals surface area contributed by atoms with Crippen LogP contribution in [0.4, 0.5) is 0 Å². The molecule has 1 saturated heterocycles. The Kier molecular flexibility index (Phi) is 4.09. The van der Waals surface area contributed by atoms with Gasteiger partial charge in [0, 0.05) is 25.4 Å². The van der Waals surface area contributed by atoms with Crippen LogP contribution in [0.5, 0.6) is 0 Å². The number of carbonyl (C=O) groups is 1. The predicted molar refractivity (Wildman–Crippen MR) is 78.9 cm³/mol. The van der Waals surface area contributed by atoms with Gasteiger partial charge in [0.15, 0.2) is 5.82 Å². The Morgan fingerprint density at radius 2 is 2.30 bits per heavy atom. The average molecular weight is 319 g/mol. The second-order valence-corrected chi connectivity index (χ2v) is 5.60. The van der Waals surface area contributed by atoms with Crippen LogP contribution in [0.3, 0.4) is 0 Å². The number of aromatic amines is 1. The molecule has 1 atom stereocenters. The number of piperidine rings is 1. The average Bonchev–Trinajstić information content (AvgIpc) is 2.97. The van der Waals surface area contributed by atoms with Gasteiger partial charge >= 0.3 is 5.69 Å². The molecule has 1 fully saturated rings. The molecule has 2 aromatic heterocycles. The number of nitrogens with zero attached hydrogens (tertiary/aromatic N) is 4. The lowest BCUT2D eigenvalue weighted by Crippen LogP contribution is -2.42. The van der Waals surface area contributed by atoms with Crippen molar-refractivity contribution in [1.29, 1.82) is 0 Å². The molecule has 122 valence electrons. The van der Waals surface area contributed by atoms with E-state index in [4.69, 9.17) is 4.52 Å². The summed E-state index contributed by atoms with van der Waals surface area (Å²) in [5.74, 6) is 0.950. The van der Waals surface area contributed by atoms with Gasteiger partial charge in [0.1, 0.15) is 6.54 Å². The largest absolute Gasteiger partial charge is 0.340 e. The molecular weight excluding hydrogens is 302 g/mol. The summed E-state index contributed by atoms with van der Waals surface area (Å²) in [5.41, 5.74) is -1.07. The summed E-state index contributed by atoms with van der Waals surface area (Å²) < 4.78 is 6.37. The van der Waals surface area contributed by atoms with Crippen LogP contribution in [0.2, 0.25) is 0 Å². The maximum atomic E-state index is 12.4. The van der Waals surface area contributed by atoms with Crippen molar-refractivity contribution < 1.29 is 9.32 Å². The maximum Gasteiger partial charge on any atom is 0.328 e. The van der Waals surface area contributed by atoms with Crippen LogP contribution in [0.1, 0.15) is 30.5 Å². The zero-order chi connectivity index (χ0) is 16.4. The molecule has 0 aliphatic carbocycles. The molecule has 3 heterocycles. The van der Waals surface area contributed by atoms with Gasteiger partial charge in [0.05, 0.1) is 5.92 Å². The molecular formula is C14H17N5O4. The number of carbonyl (C=O) groups excluding carboxylic acids is 1. The minimum Gasteiger partial charge on any atom is -0.340 e. The van der Waals surface area contributed by atoms with Crippen molar-refractivity contribution in [3.63, 3.8) is 0 Å². The first-order valence-electron chi connectivity index (χ1n) is 7.40. The molecule has 1 aliphatic heterocycles. The summed E-state index contributed by atoms with van der Waals surface area (Å²) >= 11 is 0. The van der Waals surface area contributed by atoms with Crippen molar-refractivity contribution in [2.24, 2.45) is 0 Å². The molecule has 0 aromatic carbocycles. The van der Waals surface area contributed by atoms with Crippen LogP contribution in [-0.4, -0.2) is 43.6 Å². The molecule has 3 rings (SSSR count). The Balaban J connectivity index is 1.69. The van der Waals surface area contributed by atoms with Gasteiger partial charge in [0.25, 0.3) is 5.56 Å². The van der Waals surface area contributed by atoms with Crippen LogP contribution >= 0.6 is 0 Å². The first-order valence-corrected chi connectivity index (χ1v) is 7.40. The molecule has 1 amide bonds. The van der Waals surface area contributed by atoms with E-state index >= 15 is 0 Å². The van der Waals surface area contributed by atoms with Crippen LogP contribution in [-0.2, 0) is 11.3 Å². The number of aromatic nitrogens is 4. The topological polar surface area (TPSA) is 114 Å². The highest BCUT2D eigenvalue weighted by Gasteiger charge is 2.28. The Labute approximate surface area is 130 Å². The van der Waals surface area contributed by atoms with Crippen LogP contribution in [0.25, 0.3) is 0 Å². The molecule has 0 saturated carbocycles. The lowest BCUT2D eigenvalue weighted by molar-refractivity contribution is -0.133. The second-order valence-electron chi connectivity index (χ2n) is 5.60. The van der Waals surface area contributed by atoms with Gasteiger partial charge in [0.2, 0.25) is 11.8 Å². The van der Waals surface area contributed by atoms with Gasteiger partial charge in [-0.05, 0) is 19.8 Å². The predicted octanol–water partition coefficient (Wildman–Crippen LogP) is -0.366. The molecule has 23 heavy (non-hydrogen) atoms. The van der Waals surface area contributed by atoms with E-state index in [-0.39, 0.29) is 18.4 Å². The lowest BCUT2D eigenvalue weighted by atomic mass is 9.98. The van der Waals surface area contributed by atoms with E-state index in [9.17, 15) is 14.4 Å². The lowest BCUT2D eigenvalue weighted by Gasteiger charge is -2.31. The number of nitrogens with one attached hydrogen (secondary N) is 1. The molecule has 0 bridgehead atoms. The van der Waals surface area contributed by atoms with E-state index in [1.165, 1.54) is 16.8 Å². The summed E-state index contributed by atoms with van der Waals surface area (Å²) in [6.45, 7) is 2.76. The summed E-state index contributed by atoms with van der Waals surface area (Å²) in [7, 11) is 0. The number of amides is 1. The van der Waals surface area contributed by atoms with Crippen LogP contribution in [0.15, 0.2) is 26.4 Å². The fourth-order valence-electron chi connectivity index (χ4n) is 2.70. The highest BCUT2D eigenvalue weighted by atomic mass is 16.5. The molecule has 1 N–H and O–H groups in total. The van der Waals surface area contributed by atoms with Gasteiger partial charge in [-0.3, -0.25) is 19.1 Å². The molecule has 1 aliphatic rings. The van der Waals surface area contributed by atoms with Gasteiger partial charge in [-0.15, -0.1) is 0 Å². The third-order valence-corrected chi connectivity index (χ3v) is 3.87. The Morgan fingerprint density at radius 3 is 3.00 bits per heavy atom. The number of H-pyrrole nitrogens is 1. The quantitative estimate of drug-likeness (QED) is 0.826. The second kappa shape index (κ2) is 6.19. The monoisotopic (exact) mass is 319 g/mol. The van der Waals surface area contributed by atoms with Crippen molar-refractivity contribution in [1.82, 2.24) is 24.6 Å². The van der Waals surface area contributed by atoms with Gasteiger partial charge in [-0.1, -0.05) is 5.16 Å². The van der Waals surface area contributed by atoms with Crippen molar-refractivity contribution in [2.75, 3.05) is 13.1 Å². The van der Waals surface area contributed by atoms with Crippen molar-refractivity contribution in [3.8, 4) is 0 Å². The van der Waals surface area contributed by atoms with Gasteiger partial charge < -0.3 is 9.42 Å². The van der Waals surface area contributed by atoms with Crippen molar-refractivity contribution in [3.05, 3.63) is 44.8 Å². The highest BCUT2D eigenvalue weighted by molar-refractivity contribution is 5.76. The standard InChI is InChI=1S/C14H17N5O4/c1-9-15-13(23-17-9)10-3-2-5-18(7-10)12(21)8-19-6-4-11(20)16-14(19)22/h4,6,10H,2-3,5,7-8H2,1H3,(H,16,20,22). The molecule has 9 nitrogen and oxygen atoms in total. The zero-order valence-corrected chi connectivity index (χ0v) is 12.7. The minimum atomic E-state index is -0.591. The number of hydrogen-bond donors (Lipinski definition) is 1. The van der Waals surface area contributed by atoms with Crippen LogP contribution in [0, 0.1) is 6.92 Å². The molecule has 0 spiro atoms. The summed E-state index contributed by atoms with van der Waals surface area (Å²) in [6.07, 6.45) is 3.03. The number of hydrogen-bond acceptors (Lipinski definition) is 6. The Morgan fingerprint density at radius 1 is 1.48 bits per heavy atom. The van der Waals surface area contributed by atoms with E-state index < -0.39 is 11.2 Å². The van der Waals surface area contributed by atoms with E-state index in [1.54, 1.807) is 11.8 Å². The van der Waals surface area contributed by atoms with Gasteiger partial charge in [-0.2, -0.15) is 4.98 Å². The third-order valence-electron chi connectivity index (χ3n) is 3.87. The third kappa shape index (κ3) is 3.38. The molecule has 1 unspecified atom stereocenters. The van der Waals surface area contributed by atoms with E-state index in [1.807, 2.05) is 0 Å². The zero-order valence-electron chi connectivity index (χ0n) is 12.7. The van der Waals surface area contributed by atoms with E-state index in [0.717, 1.165) is 12.8 Å². The Bertz CT molecular complexity index is 821. The first kappa shape index (κ1) is 15.2. The number of likely N-dealkylation sites (tertiary alicyclic amines) is 1. The first-order chi connectivity index (χ1) is 11.0. The highest BCUT2D eigenvalue weighted by Crippen LogP contribution is 2.25. The van der Waals surface area contributed by atoms with E-state index in [2.05, 4.69) is 15.1 Å². The summed E-state index contributed by atoms with van der Waals surface area (Å²) in [5, 5.41) is 3.78. The molecule has 0 radical (unpaired) electrons. The maximum absolute atomic E-state index is 12.4. The Hall–Kier alpha value is -2.71. The summed E-state index contributed by atoms with van der Waals surface area (Å²) in [6, 6.07) is 1.22. The fraction of sp³-hybridized carbons (Fsp3) is 0.500. The normalized spacial score (nSPS) is 18.1. The molecule has 9 heteroatoms.